The Bertz CT molecular complexity index is 368. The number of hydrogen-bond donors (Lipinski definition) is 3. The summed E-state index contributed by atoms with van der Waals surface area (Å²) in [7, 11) is 0. The Hall–Kier alpha value is -1.10. The van der Waals surface area contributed by atoms with E-state index in [-0.39, 0.29) is 12.0 Å². The zero-order valence-electron chi connectivity index (χ0n) is 13.0. The second kappa shape index (κ2) is 9.77. The van der Waals surface area contributed by atoms with Gasteiger partial charge in [0.25, 0.3) is 0 Å². The lowest BCUT2D eigenvalue weighted by Gasteiger charge is -2.31. The topological polar surface area (TPSA) is 69.9 Å². The van der Waals surface area contributed by atoms with Gasteiger partial charge < -0.3 is 20.1 Å². The molecule has 0 spiro atoms. The predicted octanol–water partition coefficient (Wildman–Crippen LogP) is 2.36. The molecule has 0 aliphatic carbocycles. The van der Waals surface area contributed by atoms with Crippen LogP contribution < -0.4 is 4.74 Å². The van der Waals surface area contributed by atoms with Crippen molar-refractivity contribution >= 4 is 0 Å². The van der Waals surface area contributed by atoms with Gasteiger partial charge in [0.05, 0.1) is 12.7 Å². The summed E-state index contributed by atoms with van der Waals surface area (Å²) in [6, 6.07) is 9.45. The summed E-state index contributed by atoms with van der Waals surface area (Å²) in [6.45, 7) is 3.58. The van der Waals surface area contributed by atoms with Gasteiger partial charge in [0.1, 0.15) is 18.0 Å². The van der Waals surface area contributed by atoms with Crippen molar-refractivity contribution in [2.24, 2.45) is 5.92 Å². The summed E-state index contributed by atoms with van der Waals surface area (Å²) in [5.74, 6) is 0.537. The zero-order valence-corrected chi connectivity index (χ0v) is 13.0. The zero-order chi connectivity index (χ0) is 15.7. The fraction of sp³-hybridized carbons (Fsp3) is 0.647. The van der Waals surface area contributed by atoms with E-state index in [0.717, 1.165) is 31.4 Å². The van der Waals surface area contributed by atoms with Crippen LogP contribution >= 0.6 is 0 Å². The van der Waals surface area contributed by atoms with Crippen LogP contribution in [0.2, 0.25) is 0 Å². The van der Waals surface area contributed by atoms with Gasteiger partial charge in [-0.1, -0.05) is 44.4 Å². The normalized spacial score (nSPS) is 17.0. The summed E-state index contributed by atoms with van der Waals surface area (Å²) in [4.78, 5) is 0. The minimum Gasteiger partial charge on any atom is -0.490 e. The summed E-state index contributed by atoms with van der Waals surface area (Å²) in [6.07, 6.45) is 1.57. The average Bonchev–Trinajstić information content (AvgIpc) is 2.51. The highest BCUT2D eigenvalue weighted by molar-refractivity contribution is 5.21. The monoisotopic (exact) mass is 296 g/mol. The largest absolute Gasteiger partial charge is 0.490 e. The number of unbranched alkanes of at least 4 members (excludes halogenated alkanes) is 2. The molecule has 4 nitrogen and oxygen atoms in total. The summed E-state index contributed by atoms with van der Waals surface area (Å²) >= 11 is 0. The van der Waals surface area contributed by atoms with Crippen LogP contribution in [-0.2, 0) is 0 Å². The molecule has 21 heavy (non-hydrogen) atoms. The highest BCUT2D eigenvalue weighted by atomic mass is 16.5. The highest BCUT2D eigenvalue weighted by Crippen LogP contribution is 2.24. The number of hydrogen-bond acceptors (Lipinski definition) is 4. The van der Waals surface area contributed by atoms with Gasteiger partial charge in [-0.05, 0) is 25.5 Å². The van der Waals surface area contributed by atoms with Crippen molar-refractivity contribution in [3.05, 3.63) is 30.3 Å². The maximum absolute atomic E-state index is 10.2. The van der Waals surface area contributed by atoms with Crippen LogP contribution in [-0.4, -0.2) is 40.2 Å². The molecule has 3 N–H and O–H groups in total. The van der Waals surface area contributed by atoms with E-state index in [1.54, 1.807) is 0 Å². The quantitative estimate of drug-likeness (QED) is 0.580. The predicted molar refractivity (Wildman–Crippen MR) is 83.3 cm³/mol. The van der Waals surface area contributed by atoms with Crippen molar-refractivity contribution in [1.82, 2.24) is 0 Å². The molecule has 0 amide bonds. The first-order valence-electron chi connectivity index (χ1n) is 7.78. The SMILES string of the molecule is CCCCCC(C(C)Oc1ccccc1)C(O)C(O)CO. The Kier molecular flexibility index (Phi) is 8.35. The van der Waals surface area contributed by atoms with Crippen LogP contribution in [0, 0.1) is 5.92 Å². The molecule has 120 valence electrons. The average molecular weight is 296 g/mol. The fourth-order valence-corrected chi connectivity index (χ4v) is 2.51. The van der Waals surface area contributed by atoms with Gasteiger partial charge in [-0.3, -0.25) is 0 Å². The second-order valence-corrected chi connectivity index (χ2v) is 5.54. The van der Waals surface area contributed by atoms with Crippen LogP contribution in [0.25, 0.3) is 0 Å². The fourth-order valence-electron chi connectivity index (χ4n) is 2.51. The van der Waals surface area contributed by atoms with Gasteiger partial charge in [0.2, 0.25) is 0 Å². The maximum atomic E-state index is 10.2. The third-order valence-corrected chi connectivity index (χ3v) is 3.83. The molecule has 0 saturated carbocycles. The van der Waals surface area contributed by atoms with Crippen molar-refractivity contribution in [3.8, 4) is 5.75 Å². The minimum absolute atomic E-state index is 0.209. The number of rotatable bonds is 10. The molecule has 1 aromatic carbocycles. The van der Waals surface area contributed by atoms with Gasteiger partial charge >= 0.3 is 0 Å². The van der Waals surface area contributed by atoms with E-state index < -0.39 is 18.8 Å². The first-order valence-corrected chi connectivity index (χ1v) is 7.78. The molecule has 0 bridgehead atoms. The molecule has 1 rings (SSSR count). The molecule has 0 fully saturated rings. The molecule has 4 atom stereocenters. The Morgan fingerprint density at radius 1 is 1.10 bits per heavy atom. The van der Waals surface area contributed by atoms with Crippen LogP contribution in [0.5, 0.6) is 5.75 Å². The van der Waals surface area contributed by atoms with E-state index in [1.807, 2.05) is 37.3 Å². The molecular weight excluding hydrogens is 268 g/mol. The van der Waals surface area contributed by atoms with Gasteiger partial charge in [-0.25, -0.2) is 0 Å². The molecule has 0 aromatic heterocycles. The van der Waals surface area contributed by atoms with Gasteiger partial charge in [0.15, 0.2) is 0 Å². The Morgan fingerprint density at radius 3 is 2.33 bits per heavy atom. The lowest BCUT2D eigenvalue weighted by atomic mass is 9.88. The third kappa shape index (κ3) is 6.04. The highest BCUT2D eigenvalue weighted by Gasteiger charge is 2.31. The molecular formula is C17H28O4. The van der Waals surface area contributed by atoms with Gasteiger partial charge in [-0.2, -0.15) is 0 Å². The third-order valence-electron chi connectivity index (χ3n) is 3.83. The van der Waals surface area contributed by atoms with Gasteiger partial charge in [0, 0.05) is 5.92 Å². The summed E-state index contributed by atoms with van der Waals surface area (Å²) < 4.78 is 5.87. The van der Waals surface area contributed by atoms with Gasteiger partial charge in [-0.15, -0.1) is 0 Å². The maximum Gasteiger partial charge on any atom is 0.119 e. The number of benzene rings is 1. The Morgan fingerprint density at radius 2 is 1.76 bits per heavy atom. The first-order chi connectivity index (χ1) is 10.1. The molecule has 0 aliphatic rings. The van der Waals surface area contributed by atoms with Crippen LogP contribution in [0.1, 0.15) is 39.5 Å². The van der Waals surface area contributed by atoms with Crippen LogP contribution in [0.15, 0.2) is 30.3 Å². The lowest BCUT2D eigenvalue weighted by Crippen LogP contribution is -2.42. The summed E-state index contributed by atoms with van der Waals surface area (Å²) in [5, 5.41) is 29.0. The number of ether oxygens (including phenoxy) is 1. The first kappa shape index (κ1) is 18.0. The molecule has 0 radical (unpaired) electrons. The van der Waals surface area contributed by atoms with E-state index >= 15 is 0 Å². The standard InChI is InChI=1S/C17H28O4/c1-3-4-6-11-15(17(20)16(19)12-18)13(2)21-14-9-7-5-8-10-14/h5,7-10,13,15-20H,3-4,6,11-12H2,1-2H3. The van der Waals surface area contributed by atoms with E-state index in [9.17, 15) is 10.2 Å². The van der Waals surface area contributed by atoms with Crippen LogP contribution in [0.3, 0.4) is 0 Å². The van der Waals surface area contributed by atoms with Crippen molar-refractivity contribution < 1.29 is 20.1 Å². The van der Waals surface area contributed by atoms with Crippen molar-refractivity contribution in [1.29, 1.82) is 0 Å². The Labute approximate surface area is 127 Å². The number of aliphatic hydroxyl groups excluding tert-OH is 3. The lowest BCUT2D eigenvalue weighted by molar-refractivity contribution is -0.0690. The van der Waals surface area contributed by atoms with E-state index in [4.69, 9.17) is 9.84 Å². The molecule has 0 heterocycles. The van der Waals surface area contributed by atoms with Crippen molar-refractivity contribution in [2.75, 3.05) is 6.61 Å². The molecule has 4 heteroatoms. The molecule has 0 aliphatic heterocycles. The second-order valence-electron chi connectivity index (χ2n) is 5.54. The number of aliphatic hydroxyl groups is 3. The molecule has 4 unspecified atom stereocenters. The number of para-hydroxylation sites is 1. The van der Waals surface area contributed by atoms with E-state index in [2.05, 4.69) is 6.92 Å². The minimum atomic E-state index is -1.13. The Balaban J connectivity index is 2.69. The van der Waals surface area contributed by atoms with E-state index in [1.165, 1.54) is 0 Å². The molecule has 1 aromatic rings. The van der Waals surface area contributed by atoms with E-state index in [0.29, 0.717) is 0 Å². The van der Waals surface area contributed by atoms with Crippen LogP contribution in [0.4, 0.5) is 0 Å². The van der Waals surface area contributed by atoms with Crippen molar-refractivity contribution in [3.63, 3.8) is 0 Å². The summed E-state index contributed by atoms with van der Waals surface area (Å²) in [5.41, 5.74) is 0. The van der Waals surface area contributed by atoms with Crippen molar-refractivity contribution in [2.45, 2.75) is 57.8 Å². The smallest absolute Gasteiger partial charge is 0.119 e. The molecule has 0 saturated heterocycles.